The average molecular weight is 376 g/mol. The summed E-state index contributed by atoms with van der Waals surface area (Å²) >= 11 is 0. The highest BCUT2D eigenvalue weighted by molar-refractivity contribution is 5.82. The summed E-state index contributed by atoms with van der Waals surface area (Å²) in [5.74, 6) is 0.846. The molecule has 1 aliphatic heterocycles. The van der Waals surface area contributed by atoms with Crippen LogP contribution in [0.2, 0.25) is 0 Å². The second-order valence-corrected chi connectivity index (χ2v) is 7.75. The van der Waals surface area contributed by atoms with Gasteiger partial charge in [0.15, 0.2) is 0 Å². The Morgan fingerprint density at radius 3 is 2.07 bits per heavy atom. The van der Waals surface area contributed by atoms with Gasteiger partial charge in [-0.25, -0.2) is 9.80 Å². The molecule has 2 N–H and O–H groups in total. The van der Waals surface area contributed by atoms with Crippen LogP contribution in [0.4, 0.5) is 4.79 Å². The van der Waals surface area contributed by atoms with Crippen molar-refractivity contribution in [3.8, 4) is 5.75 Å². The molecule has 0 saturated carbocycles. The molecule has 6 heteroatoms. The maximum atomic E-state index is 12.3. The lowest BCUT2D eigenvalue weighted by atomic mass is 9.94. The van der Waals surface area contributed by atoms with E-state index in [9.17, 15) is 9.59 Å². The van der Waals surface area contributed by atoms with E-state index in [1.54, 1.807) is 0 Å². The highest BCUT2D eigenvalue weighted by Gasteiger charge is 2.19. The van der Waals surface area contributed by atoms with Crippen LogP contribution in [0, 0.1) is 0 Å². The fourth-order valence-corrected chi connectivity index (χ4v) is 3.28. The highest BCUT2D eigenvalue weighted by Crippen LogP contribution is 2.34. The summed E-state index contributed by atoms with van der Waals surface area (Å²) in [6.45, 7) is 9.89. The highest BCUT2D eigenvalue weighted by atomic mass is 16.6. The molecule has 1 heterocycles. The van der Waals surface area contributed by atoms with E-state index >= 15 is 0 Å². The Hall–Kier alpha value is -2.08. The molecule has 2 amide bonds. The Morgan fingerprint density at radius 1 is 1.00 bits per heavy atom. The minimum Gasteiger partial charge on any atom is -0.410 e. The Morgan fingerprint density at radius 2 is 1.56 bits per heavy atom. The summed E-state index contributed by atoms with van der Waals surface area (Å²) in [6.07, 6.45) is 3.96. The maximum Gasteiger partial charge on any atom is 0.413 e. The summed E-state index contributed by atoms with van der Waals surface area (Å²) in [5.41, 5.74) is 4.84. The predicted molar refractivity (Wildman–Crippen MR) is 107 cm³/mol. The van der Waals surface area contributed by atoms with E-state index in [4.69, 9.17) is 4.74 Å². The summed E-state index contributed by atoms with van der Waals surface area (Å²) in [6, 6.07) is 5.94. The maximum absolute atomic E-state index is 12.3. The molecule has 27 heavy (non-hydrogen) atoms. The van der Waals surface area contributed by atoms with Crippen molar-refractivity contribution in [2.75, 3.05) is 19.6 Å². The van der Waals surface area contributed by atoms with E-state index in [0.29, 0.717) is 5.75 Å². The zero-order chi connectivity index (χ0) is 19.8. The monoisotopic (exact) mass is 375 g/mol. The first kappa shape index (κ1) is 21.2. The lowest BCUT2D eigenvalue weighted by Gasteiger charge is -2.21. The summed E-state index contributed by atoms with van der Waals surface area (Å²) < 4.78 is 5.62. The second kappa shape index (κ2) is 10.3. The van der Waals surface area contributed by atoms with Gasteiger partial charge in [-0.15, -0.1) is 0 Å². The lowest BCUT2D eigenvalue weighted by Crippen LogP contribution is -2.47. The number of rotatable bonds is 6. The van der Waals surface area contributed by atoms with Gasteiger partial charge in [0.05, 0.1) is 0 Å². The fourth-order valence-electron chi connectivity index (χ4n) is 3.28. The summed E-state index contributed by atoms with van der Waals surface area (Å²) in [7, 11) is 0. The molecule has 0 aliphatic carbocycles. The number of amides is 2. The van der Waals surface area contributed by atoms with Crippen LogP contribution in [0.15, 0.2) is 18.2 Å². The number of carbonyl (C=O) groups is 2. The van der Waals surface area contributed by atoms with Crippen molar-refractivity contribution in [2.24, 2.45) is 0 Å². The largest absolute Gasteiger partial charge is 0.413 e. The van der Waals surface area contributed by atoms with E-state index in [-0.39, 0.29) is 24.3 Å². The zero-order valence-corrected chi connectivity index (χ0v) is 17.0. The third kappa shape index (κ3) is 6.54. The minimum absolute atomic E-state index is 0.101. The Labute approximate surface area is 162 Å². The van der Waals surface area contributed by atoms with E-state index in [1.807, 2.05) is 23.2 Å². The molecule has 0 bridgehead atoms. The Kier molecular flexibility index (Phi) is 8.10. The molecule has 1 aromatic carbocycles. The van der Waals surface area contributed by atoms with Crippen LogP contribution in [0.3, 0.4) is 0 Å². The smallest absolute Gasteiger partial charge is 0.410 e. The van der Waals surface area contributed by atoms with E-state index in [0.717, 1.165) is 37.1 Å². The number of para-hydroxylation sites is 1. The van der Waals surface area contributed by atoms with E-state index < -0.39 is 6.09 Å². The van der Waals surface area contributed by atoms with Crippen molar-refractivity contribution in [1.82, 2.24) is 15.8 Å². The van der Waals surface area contributed by atoms with Crippen LogP contribution < -0.4 is 15.5 Å². The molecular formula is C21H33N3O3. The van der Waals surface area contributed by atoms with Gasteiger partial charge in [0.1, 0.15) is 12.3 Å². The van der Waals surface area contributed by atoms with Gasteiger partial charge in [0.2, 0.25) is 0 Å². The SMILES string of the molecule is CC(C)c1cccc(C(C)C)c1OC(=O)NCC(=O)NN1CCCCCC1. The van der Waals surface area contributed by atoms with Crippen molar-refractivity contribution in [1.29, 1.82) is 0 Å². The molecular weight excluding hydrogens is 342 g/mol. The molecule has 1 aliphatic rings. The second-order valence-electron chi connectivity index (χ2n) is 7.75. The van der Waals surface area contributed by atoms with E-state index in [2.05, 4.69) is 38.4 Å². The number of hydrogen-bond acceptors (Lipinski definition) is 4. The van der Waals surface area contributed by atoms with Crippen LogP contribution >= 0.6 is 0 Å². The average Bonchev–Trinajstić information content (AvgIpc) is 2.88. The number of hydrazine groups is 1. The van der Waals surface area contributed by atoms with Crippen LogP contribution in [0.25, 0.3) is 0 Å². The predicted octanol–water partition coefficient (Wildman–Crippen LogP) is 3.93. The number of ether oxygens (including phenoxy) is 1. The van der Waals surface area contributed by atoms with Gasteiger partial charge in [0.25, 0.3) is 5.91 Å². The topological polar surface area (TPSA) is 70.7 Å². The molecule has 150 valence electrons. The van der Waals surface area contributed by atoms with Gasteiger partial charge in [-0.2, -0.15) is 0 Å². The number of hydrogen-bond donors (Lipinski definition) is 2. The number of nitrogens with one attached hydrogen (secondary N) is 2. The molecule has 1 fully saturated rings. The summed E-state index contributed by atoms with van der Waals surface area (Å²) in [5, 5.41) is 4.51. The molecule has 0 unspecified atom stereocenters. The Balaban J connectivity index is 1.92. The molecule has 2 rings (SSSR count). The quantitative estimate of drug-likeness (QED) is 0.790. The third-order valence-corrected chi connectivity index (χ3v) is 4.80. The van der Waals surface area contributed by atoms with Crippen molar-refractivity contribution >= 4 is 12.0 Å². The molecule has 0 radical (unpaired) electrons. The Bertz CT molecular complexity index is 609. The molecule has 1 aromatic rings. The zero-order valence-electron chi connectivity index (χ0n) is 17.0. The van der Waals surface area contributed by atoms with E-state index in [1.165, 1.54) is 12.8 Å². The minimum atomic E-state index is -0.601. The molecule has 6 nitrogen and oxygen atoms in total. The summed E-state index contributed by atoms with van der Waals surface area (Å²) in [4.78, 5) is 24.4. The molecule has 0 atom stereocenters. The van der Waals surface area contributed by atoms with Gasteiger partial charge in [0, 0.05) is 13.1 Å². The van der Waals surface area contributed by atoms with Crippen molar-refractivity contribution in [2.45, 2.75) is 65.2 Å². The number of benzene rings is 1. The van der Waals surface area contributed by atoms with Gasteiger partial charge >= 0.3 is 6.09 Å². The van der Waals surface area contributed by atoms with Gasteiger partial charge in [-0.3, -0.25) is 10.2 Å². The third-order valence-electron chi connectivity index (χ3n) is 4.80. The van der Waals surface area contributed by atoms with Crippen LogP contribution in [-0.2, 0) is 4.79 Å². The van der Waals surface area contributed by atoms with Crippen molar-refractivity contribution in [3.05, 3.63) is 29.3 Å². The van der Waals surface area contributed by atoms with Crippen LogP contribution in [0.1, 0.15) is 76.3 Å². The first-order valence-electron chi connectivity index (χ1n) is 10.0. The van der Waals surface area contributed by atoms with Gasteiger partial charge in [-0.05, 0) is 35.8 Å². The van der Waals surface area contributed by atoms with Crippen LogP contribution in [-0.4, -0.2) is 36.6 Å². The van der Waals surface area contributed by atoms with Crippen LogP contribution in [0.5, 0.6) is 5.75 Å². The standard InChI is InChI=1S/C21H33N3O3/c1-15(2)17-10-9-11-18(16(3)4)20(17)27-21(26)22-14-19(25)23-24-12-7-5-6-8-13-24/h9-11,15-16H,5-8,12-14H2,1-4H3,(H,22,26)(H,23,25). The first-order valence-corrected chi connectivity index (χ1v) is 10.0. The number of nitrogens with zero attached hydrogens (tertiary/aromatic N) is 1. The van der Waals surface area contributed by atoms with Crippen molar-refractivity contribution < 1.29 is 14.3 Å². The fraction of sp³-hybridized carbons (Fsp3) is 0.619. The van der Waals surface area contributed by atoms with Gasteiger partial charge in [-0.1, -0.05) is 58.7 Å². The molecule has 0 aromatic heterocycles. The molecule has 1 saturated heterocycles. The first-order chi connectivity index (χ1) is 12.9. The van der Waals surface area contributed by atoms with Crippen molar-refractivity contribution in [3.63, 3.8) is 0 Å². The lowest BCUT2D eigenvalue weighted by molar-refractivity contribution is -0.124. The number of carbonyl (C=O) groups excluding carboxylic acids is 2. The van der Waals surface area contributed by atoms with Gasteiger partial charge < -0.3 is 10.1 Å². The normalized spacial score (nSPS) is 15.5. The molecule has 0 spiro atoms.